The van der Waals surface area contributed by atoms with Crippen LogP contribution in [-0.4, -0.2) is 17.6 Å². The van der Waals surface area contributed by atoms with Crippen molar-refractivity contribution in [3.05, 3.63) is 95.6 Å². The third-order valence-corrected chi connectivity index (χ3v) is 5.64. The summed E-state index contributed by atoms with van der Waals surface area (Å²) < 4.78 is 7.57. The van der Waals surface area contributed by atoms with Crippen LogP contribution in [0.5, 0.6) is 0 Å². The first kappa shape index (κ1) is 18.4. The van der Waals surface area contributed by atoms with Crippen molar-refractivity contribution in [1.29, 1.82) is 0 Å². The topological polar surface area (TPSA) is 57.2 Å². The molecule has 1 aromatic heterocycles. The Morgan fingerprint density at radius 2 is 1.83 bits per heavy atom. The highest BCUT2D eigenvalue weighted by Crippen LogP contribution is 2.33. The van der Waals surface area contributed by atoms with Gasteiger partial charge in [-0.05, 0) is 52.2 Å². The first-order valence-corrected chi connectivity index (χ1v) is 9.88. The van der Waals surface area contributed by atoms with E-state index in [1.54, 1.807) is 13.2 Å². The maximum absolute atomic E-state index is 12.1. The van der Waals surface area contributed by atoms with Crippen molar-refractivity contribution in [3.8, 4) is 0 Å². The molecule has 0 fully saturated rings. The first-order chi connectivity index (χ1) is 14.7. The molecule has 5 rings (SSSR count). The number of aromatic nitrogens is 1. The molecule has 1 heterocycles. The molecule has 0 atom stereocenters. The van der Waals surface area contributed by atoms with Crippen molar-refractivity contribution in [2.75, 3.05) is 7.11 Å². The molecule has 4 heteroatoms. The monoisotopic (exact) mass is 393 g/mol. The molecule has 1 amide bonds. The van der Waals surface area contributed by atoms with Gasteiger partial charge in [0.05, 0.1) is 17.6 Å². The number of primary amides is 1. The SMILES string of the molecule is COCc1c[c]c2c3c(C(N)=O)cccc3n(Cc3cccc4ccccc34)c2c1. The molecule has 30 heavy (non-hydrogen) atoms. The molecule has 2 N–H and O–H groups in total. The third kappa shape index (κ3) is 2.93. The second-order valence-electron chi connectivity index (χ2n) is 7.49. The zero-order valence-electron chi connectivity index (χ0n) is 16.7. The Hall–Kier alpha value is -3.63. The molecule has 4 aromatic carbocycles. The number of carbonyl (C=O) groups is 1. The van der Waals surface area contributed by atoms with E-state index in [1.807, 2.05) is 18.2 Å². The summed E-state index contributed by atoms with van der Waals surface area (Å²) in [5.41, 5.74) is 10.5. The maximum atomic E-state index is 12.1. The fourth-order valence-corrected chi connectivity index (χ4v) is 4.33. The number of fused-ring (bicyclic) bond motifs is 4. The second kappa shape index (κ2) is 7.32. The van der Waals surface area contributed by atoms with Crippen molar-refractivity contribution in [2.24, 2.45) is 5.73 Å². The van der Waals surface area contributed by atoms with Gasteiger partial charge in [0.1, 0.15) is 0 Å². The van der Waals surface area contributed by atoms with Crippen LogP contribution in [0.25, 0.3) is 32.6 Å². The Kier molecular flexibility index (Phi) is 4.49. The fourth-order valence-electron chi connectivity index (χ4n) is 4.33. The molecular formula is C26H21N2O2. The molecule has 4 nitrogen and oxygen atoms in total. The molecule has 0 saturated heterocycles. The smallest absolute Gasteiger partial charge is 0.249 e. The van der Waals surface area contributed by atoms with Crippen molar-refractivity contribution >= 4 is 38.5 Å². The Morgan fingerprint density at radius 3 is 2.67 bits per heavy atom. The molecule has 0 spiro atoms. The average molecular weight is 393 g/mol. The van der Waals surface area contributed by atoms with Gasteiger partial charge >= 0.3 is 0 Å². The molecule has 0 bridgehead atoms. The van der Waals surface area contributed by atoms with Gasteiger partial charge in [-0.25, -0.2) is 0 Å². The summed E-state index contributed by atoms with van der Waals surface area (Å²) in [6.07, 6.45) is 0. The van der Waals surface area contributed by atoms with Crippen molar-refractivity contribution in [2.45, 2.75) is 13.2 Å². The number of carbonyl (C=O) groups excluding carboxylic acids is 1. The minimum absolute atomic E-state index is 0.431. The van der Waals surface area contributed by atoms with E-state index in [1.165, 1.54) is 16.3 Å². The Bertz CT molecular complexity index is 1410. The fraction of sp³-hybridized carbons (Fsp3) is 0.115. The summed E-state index contributed by atoms with van der Waals surface area (Å²) in [4.78, 5) is 12.1. The Balaban J connectivity index is 1.81. The van der Waals surface area contributed by atoms with E-state index in [9.17, 15) is 4.79 Å². The highest BCUT2D eigenvalue weighted by atomic mass is 16.5. The molecule has 0 aliphatic rings. The normalized spacial score (nSPS) is 11.5. The highest BCUT2D eigenvalue weighted by Gasteiger charge is 2.17. The van der Waals surface area contributed by atoms with Gasteiger partial charge in [-0.1, -0.05) is 48.5 Å². The van der Waals surface area contributed by atoms with E-state index in [4.69, 9.17) is 10.5 Å². The molecule has 0 aliphatic heterocycles. The summed E-state index contributed by atoms with van der Waals surface area (Å²) in [5.74, 6) is -0.431. The van der Waals surface area contributed by atoms with Crippen molar-refractivity contribution < 1.29 is 9.53 Å². The predicted octanol–water partition coefficient (Wildman–Crippen LogP) is 5.04. The molecule has 0 unspecified atom stereocenters. The first-order valence-electron chi connectivity index (χ1n) is 9.88. The van der Waals surface area contributed by atoms with Crippen molar-refractivity contribution in [3.63, 3.8) is 0 Å². The lowest BCUT2D eigenvalue weighted by atomic mass is 10.0. The maximum Gasteiger partial charge on any atom is 0.249 e. The number of amides is 1. The van der Waals surface area contributed by atoms with E-state index in [0.29, 0.717) is 18.7 Å². The van der Waals surface area contributed by atoms with E-state index in [2.05, 4.69) is 59.2 Å². The van der Waals surface area contributed by atoms with Crippen LogP contribution in [-0.2, 0) is 17.9 Å². The van der Waals surface area contributed by atoms with E-state index in [-0.39, 0.29) is 0 Å². The van der Waals surface area contributed by atoms with Gasteiger partial charge in [-0.3, -0.25) is 4.79 Å². The Labute approximate surface area is 174 Å². The Morgan fingerprint density at radius 1 is 1.03 bits per heavy atom. The molecule has 147 valence electrons. The second-order valence-corrected chi connectivity index (χ2v) is 7.49. The largest absolute Gasteiger partial charge is 0.380 e. The van der Waals surface area contributed by atoms with Crippen LogP contribution in [0.2, 0.25) is 0 Å². The molecule has 5 aromatic rings. The van der Waals surface area contributed by atoms with E-state index >= 15 is 0 Å². The number of hydrogen-bond donors (Lipinski definition) is 1. The summed E-state index contributed by atoms with van der Waals surface area (Å²) in [7, 11) is 1.68. The molecule has 1 radical (unpaired) electrons. The summed E-state index contributed by atoms with van der Waals surface area (Å²) in [5, 5.41) is 4.18. The van der Waals surface area contributed by atoms with Crippen LogP contribution in [0.3, 0.4) is 0 Å². The predicted molar refractivity (Wildman–Crippen MR) is 121 cm³/mol. The van der Waals surface area contributed by atoms with Gasteiger partial charge < -0.3 is 15.0 Å². The van der Waals surface area contributed by atoms with Crippen molar-refractivity contribution in [1.82, 2.24) is 4.57 Å². The molecular weight excluding hydrogens is 372 g/mol. The zero-order chi connectivity index (χ0) is 20.7. The van der Waals surface area contributed by atoms with Gasteiger partial charge in [0.2, 0.25) is 5.91 Å². The molecule has 0 aliphatic carbocycles. The number of nitrogens with two attached hydrogens (primary N) is 1. The summed E-state index contributed by atoms with van der Waals surface area (Å²) in [6, 6.07) is 27.9. The number of benzene rings is 4. The summed E-state index contributed by atoms with van der Waals surface area (Å²) >= 11 is 0. The van der Waals surface area contributed by atoms with Crippen LogP contribution < -0.4 is 5.73 Å². The van der Waals surface area contributed by atoms with E-state index in [0.717, 1.165) is 27.4 Å². The number of ether oxygens (including phenoxy) is 1. The average Bonchev–Trinajstić information content (AvgIpc) is 3.07. The lowest BCUT2D eigenvalue weighted by molar-refractivity contribution is 0.100. The highest BCUT2D eigenvalue weighted by molar-refractivity contribution is 6.17. The number of rotatable bonds is 5. The van der Waals surface area contributed by atoms with Gasteiger partial charge in [0.25, 0.3) is 0 Å². The molecule has 0 saturated carbocycles. The number of nitrogens with zero attached hydrogens (tertiary/aromatic N) is 1. The minimum Gasteiger partial charge on any atom is -0.380 e. The third-order valence-electron chi connectivity index (χ3n) is 5.64. The van der Waals surface area contributed by atoms with Crippen LogP contribution >= 0.6 is 0 Å². The van der Waals surface area contributed by atoms with E-state index < -0.39 is 5.91 Å². The van der Waals surface area contributed by atoms with Crippen LogP contribution in [0, 0.1) is 6.07 Å². The number of methoxy groups -OCH3 is 1. The summed E-state index contributed by atoms with van der Waals surface area (Å²) in [6.45, 7) is 1.18. The van der Waals surface area contributed by atoms with Gasteiger partial charge in [0.15, 0.2) is 0 Å². The zero-order valence-corrected chi connectivity index (χ0v) is 16.7. The van der Waals surface area contributed by atoms with Crippen LogP contribution in [0.1, 0.15) is 21.5 Å². The van der Waals surface area contributed by atoms with Gasteiger partial charge in [-0.15, -0.1) is 0 Å². The van der Waals surface area contributed by atoms with Gasteiger partial charge in [0, 0.05) is 30.0 Å². The quantitative estimate of drug-likeness (QED) is 0.455. The lowest BCUT2D eigenvalue weighted by Crippen LogP contribution is -2.11. The van der Waals surface area contributed by atoms with Crippen LogP contribution in [0.15, 0.2) is 72.8 Å². The van der Waals surface area contributed by atoms with Crippen LogP contribution in [0.4, 0.5) is 0 Å². The standard InChI is InChI=1S/C26H21N2O2/c1-30-16-17-12-13-21-24(14-17)28(23-11-5-10-22(25(21)23)26(27)29)15-19-8-4-7-18-6-2-3-9-20(18)19/h2-12,14H,15-16H2,1H3,(H2,27,29). The number of hydrogen-bond acceptors (Lipinski definition) is 2. The minimum atomic E-state index is -0.431. The lowest BCUT2D eigenvalue weighted by Gasteiger charge is -2.11. The van der Waals surface area contributed by atoms with Gasteiger partial charge in [-0.2, -0.15) is 0 Å².